The summed E-state index contributed by atoms with van der Waals surface area (Å²) < 4.78 is 39.6. The summed E-state index contributed by atoms with van der Waals surface area (Å²) in [6.45, 7) is -0.855. The van der Waals surface area contributed by atoms with Crippen LogP contribution in [0.4, 0.5) is 13.2 Å². The van der Waals surface area contributed by atoms with E-state index in [1.807, 2.05) is 0 Å². The topological polar surface area (TPSA) is 47.0 Å². The Morgan fingerprint density at radius 2 is 2.00 bits per heavy atom. The molecule has 0 aliphatic rings. The molecule has 1 aromatic heterocycles. The summed E-state index contributed by atoms with van der Waals surface area (Å²) in [5.74, 6) is 0. The molecule has 15 heavy (non-hydrogen) atoms. The zero-order valence-electron chi connectivity index (χ0n) is 7.97. The average molecular weight is 241 g/mol. The van der Waals surface area contributed by atoms with Gasteiger partial charge in [0.25, 0.3) is 0 Å². The number of alkyl halides is 3. The first-order valence-electron chi connectivity index (χ1n) is 4.11. The Bertz CT molecular complexity index is 302. The van der Waals surface area contributed by atoms with Gasteiger partial charge in [-0.1, -0.05) is 11.3 Å². The van der Waals surface area contributed by atoms with Gasteiger partial charge in [0.2, 0.25) is 0 Å². The standard InChI is InChI=1S/C7H10F3N3OS/c1-11-2-5-12-13-6(15-5)3-14-4-7(8,9)10/h11H,2-4H2,1H3. The Morgan fingerprint density at radius 3 is 2.60 bits per heavy atom. The Labute approximate surface area is 88.5 Å². The quantitative estimate of drug-likeness (QED) is 0.845. The Morgan fingerprint density at radius 1 is 1.33 bits per heavy atom. The van der Waals surface area contributed by atoms with Crippen molar-refractivity contribution in [2.75, 3.05) is 13.7 Å². The summed E-state index contributed by atoms with van der Waals surface area (Å²) in [7, 11) is 1.75. The number of hydrogen-bond acceptors (Lipinski definition) is 5. The molecular formula is C7H10F3N3OS. The van der Waals surface area contributed by atoms with Gasteiger partial charge in [0, 0.05) is 6.54 Å². The van der Waals surface area contributed by atoms with Gasteiger partial charge in [-0.2, -0.15) is 13.2 Å². The Balaban J connectivity index is 2.31. The van der Waals surface area contributed by atoms with Crippen LogP contribution in [0.15, 0.2) is 0 Å². The van der Waals surface area contributed by atoms with E-state index in [0.717, 1.165) is 5.01 Å². The van der Waals surface area contributed by atoms with Crippen LogP contribution in [-0.4, -0.2) is 30.0 Å². The van der Waals surface area contributed by atoms with Crippen LogP contribution in [0.3, 0.4) is 0 Å². The van der Waals surface area contributed by atoms with Crippen molar-refractivity contribution < 1.29 is 17.9 Å². The second-order valence-electron chi connectivity index (χ2n) is 2.73. The van der Waals surface area contributed by atoms with Gasteiger partial charge in [-0.15, -0.1) is 10.2 Å². The van der Waals surface area contributed by atoms with E-state index in [1.165, 1.54) is 11.3 Å². The lowest BCUT2D eigenvalue weighted by Gasteiger charge is -2.04. The average Bonchev–Trinajstić information content (AvgIpc) is 2.51. The smallest absolute Gasteiger partial charge is 0.365 e. The zero-order chi connectivity index (χ0) is 11.3. The lowest BCUT2D eigenvalue weighted by molar-refractivity contribution is -0.176. The molecule has 0 radical (unpaired) electrons. The SMILES string of the molecule is CNCc1nnc(COCC(F)(F)F)s1. The fourth-order valence-corrected chi connectivity index (χ4v) is 1.62. The number of ether oxygens (including phenoxy) is 1. The van der Waals surface area contributed by atoms with Crippen molar-refractivity contribution in [3.05, 3.63) is 10.0 Å². The van der Waals surface area contributed by atoms with Gasteiger partial charge in [-0.05, 0) is 7.05 Å². The van der Waals surface area contributed by atoms with Crippen LogP contribution in [0.5, 0.6) is 0 Å². The van der Waals surface area contributed by atoms with Crippen molar-refractivity contribution in [2.45, 2.75) is 19.3 Å². The van der Waals surface area contributed by atoms with E-state index < -0.39 is 12.8 Å². The van der Waals surface area contributed by atoms with Crippen LogP contribution in [0, 0.1) is 0 Å². The van der Waals surface area contributed by atoms with Crippen molar-refractivity contribution in [3.63, 3.8) is 0 Å². The maximum Gasteiger partial charge on any atom is 0.411 e. The van der Waals surface area contributed by atoms with Crippen molar-refractivity contribution >= 4 is 11.3 Å². The largest absolute Gasteiger partial charge is 0.411 e. The zero-order valence-corrected chi connectivity index (χ0v) is 8.78. The fraction of sp³-hybridized carbons (Fsp3) is 0.714. The minimum Gasteiger partial charge on any atom is -0.365 e. The third kappa shape index (κ3) is 5.05. The lowest BCUT2D eigenvalue weighted by Crippen LogP contribution is -2.16. The maximum atomic E-state index is 11.7. The van der Waals surface area contributed by atoms with Crippen LogP contribution in [-0.2, 0) is 17.9 Å². The van der Waals surface area contributed by atoms with Gasteiger partial charge >= 0.3 is 6.18 Å². The number of nitrogens with one attached hydrogen (secondary N) is 1. The monoisotopic (exact) mass is 241 g/mol. The van der Waals surface area contributed by atoms with E-state index in [1.54, 1.807) is 7.05 Å². The minimum absolute atomic E-state index is 0.152. The molecule has 4 nitrogen and oxygen atoms in total. The highest BCUT2D eigenvalue weighted by Crippen LogP contribution is 2.16. The molecule has 0 unspecified atom stereocenters. The lowest BCUT2D eigenvalue weighted by atomic mass is 10.7. The van der Waals surface area contributed by atoms with Crippen molar-refractivity contribution in [3.8, 4) is 0 Å². The predicted molar refractivity (Wildman–Crippen MR) is 48.4 cm³/mol. The van der Waals surface area contributed by atoms with Crippen LogP contribution >= 0.6 is 11.3 Å². The molecule has 0 aliphatic carbocycles. The first-order chi connectivity index (χ1) is 7.01. The summed E-state index contributed by atoms with van der Waals surface area (Å²) in [6.07, 6.45) is -4.29. The minimum atomic E-state index is -4.29. The molecule has 86 valence electrons. The molecule has 0 fully saturated rings. The first kappa shape index (κ1) is 12.3. The predicted octanol–water partition coefficient (Wildman–Crippen LogP) is 1.34. The highest BCUT2D eigenvalue weighted by molar-refractivity contribution is 7.11. The normalized spacial score (nSPS) is 12.0. The molecule has 0 spiro atoms. The van der Waals surface area contributed by atoms with E-state index >= 15 is 0 Å². The molecule has 0 aromatic carbocycles. The summed E-state index contributed by atoms with van der Waals surface area (Å²) >= 11 is 1.23. The van der Waals surface area contributed by atoms with Gasteiger partial charge in [0.05, 0.1) is 0 Å². The summed E-state index contributed by atoms with van der Waals surface area (Å²) in [6, 6.07) is 0. The molecule has 0 atom stereocenters. The van der Waals surface area contributed by atoms with E-state index in [4.69, 9.17) is 0 Å². The number of halogens is 3. The molecule has 0 amide bonds. The second-order valence-corrected chi connectivity index (χ2v) is 3.87. The summed E-state index contributed by atoms with van der Waals surface area (Å²) in [4.78, 5) is 0. The molecular weight excluding hydrogens is 231 g/mol. The molecule has 1 heterocycles. The molecule has 0 bridgehead atoms. The van der Waals surface area contributed by atoms with Crippen molar-refractivity contribution in [1.82, 2.24) is 15.5 Å². The molecule has 0 saturated heterocycles. The van der Waals surface area contributed by atoms with Gasteiger partial charge in [0.1, 0.15) is 23.2 Å². The Hall–Kier alpha value is -0.730. The highest BCUT2D eigenvalue weighted by Gasteiger charge is 2.27. The van der Waals surface area contributed by atoms with E-state index in [-0.39, 0.29) is 6.61 Å². The van der Waals surface area contributed by atoms with E-state index in [9.17, 15) is 13.2 Å². The van der Waals surface area contributed by atoms with Gasteiger partial charge < -0.3 is 10.1 Å². The maximum absolute atomic E-state index is 11.7. The van der Waals surface area contributed by atoms with Gasteiger partial charge in [-0.3, -0.25) is 0 Å². The fourth-order valence-electron chi connectivity index (χ4n) is 0.823. The van der Waals surface area contributed by atoms with Crippen LogP contribution in [0.1, 0.15) is 10.0 Å². The molecule has 1 N–H and O–H groups in total. The van der Waals surface area contributed by atoms with Crippen LogP contribution < -0.4 is 5.32 Å². The van der Waals surface area contributed by atoms with E-state index in [0.29, 0.717) is 11.6 Å². The number of aromatic nitrogens is 2. The summed E-state index contributed by atoms with van der Waals surface area (Å²) in [5, 5.41) is 11.5. The molecule has 0 saturated carbocycles. The van der Waals surface area contributed by atoms with Crippen LogP contribution in [0.2, 0.25) is 0 Å². The first-order valence-corrected chi connectivity index (χ1v) is 4.93. The third-order valence-corrected chi connectivity index (χ3v) is 2.22. The van der Waals surface area contributed by atoms with Gasteiger partial charge in [-0.25, -0.2) is 0 Å². The Kier molecular flexibility index (Phi) is 4.43. The van der Waals surface area contributed by atoms with Gasteiger partial charge in [0.15, 0.2) is 0 Å². The molecule has 8 heteroatoms. The summed E-state index contributed by atoms with van der Waals surface area (Å²) in [5.41, 5.74) is 0. The second kappa shape index (κ2) is 5.38. The van der Waals surface area contributed by atoms with Crippen molar-refractivity contribution in [2.24, 2.45) is 0 Å². The number of rotatable bonds is 5. The molecule has 1 aromatic rings. The molecule has 1 rings (SSSR count). The molecule has 0 aliphatic heterocycles. The van der Waals surface area contributed by atoms with Crippen molar-refractivity contribution in [1.29, 1.82) is 0 Å². The third-order valence-electron chi connectivity index (χ3n) is 1.33. The van der Waals surface area contributed by atoms with Crippen LogP contribution in [0.25, 0.3) is 0 Å². The number of hydrogen-bond donors (Lipinski definition) is 1. The highest BCUT2D eigenvalue weighted by atomic mass is 32.1. The number of nitrogens with zero attached hydrogens (tertiary/aromatic N) is 2. The van der Waals surface area contributed by atoms with E-state index in [2.05, 4.69) is 20.3 Å².